The minimum Gasteiger partial charge on any atom is -0.463 e. The molecule has 0 saturated heterocycles. The number of carbonyl (C=O) groups excluding carboxylic acids is 1. The highest BCUT2D eigenvalue weighted by Crippen LogP contribution is 2.30. The summed E-state index contributed by atoms with van der Waals surface area (Å²) in [4.78, 5) is 12.0. The highest BCUT2D eigenvalue weighted by atomic mass is 35.5. The third-order valence-corrected chi connectivity index (χ3v) is 5.13. The molecule has 2 rings (SSSR count). The molecule has 0 radical (unpaired) electrons. The van der Waals surface area contributed by atoms with E-state index in [9.17, 15) is 17.6 Å². The summed E-state index contributed by atoms with van der Waals surface area (Å²) in [5, 5.41) is -2.34. The number of esters is 1. The van der Waals surface area contributed by atoms with E-state index in [-0.39, 0.29) is 29.3 Å². The number of sulfonamides is 1. The number of halogens is 2. The molecule has 1 aliphatic carbocycles. The molecule has 0 spiro atoms. The fourth-order valence-corrected chi connectivity index (χ4v) is 3.95. The molecule has 126 valence electrons. The molecule has 0 heterocycles. The van der Waals surface area contributed by atoms with E-state index in [0.29, 0.717) is 12.8 Å². The molecule has 23 heavy (non-hydrogen) atoms. The summed E-state index contributed by atoms with van der Waals surface area (Å²) in [7, 11) is -4.34. The van der Waals surface area contributed by atoms with Crippen LogP contribution in [0.2, 0.25) is 5.02 Å². The molecular weight excluding hydrogens is 345 g/mol. The lowest BCUT2D eigenvalue weighted by Gasteiger charge is -2.24. The zero-order valence-corrected chi connectivity index (χ0v) is 14.0. The van der Waals surface area contributed by atoms with Gasteiger partial charge in [0.15, 0.2) is 0 Å². The maximum absolute atomic E-state index is 13.1. The SMILES string of the molecule is [2H][C@@]1(S(=O)(=O)Nc2ccc(F)cc2Cl)CCCC=C1C(=O)OCC. The lowest BCUT2D eigenvalue weighted by atomic mass is 9.99. The van der Waals surface area contributed by atoms with Gasteiger partial charge in [0.2, 0.25) is 10.0 Å². The molecule has 5 nitrogen and oxygen atoms in total. The Morgan fingerprint density at radius 2 is 2.30 bits per heavy atom. The number of hydrogen-bond acceptors (Lipinski definition) is 4. The highest BCUT2D eigenvalue weighted by molar-refractivity contribution is 7.93. The highest BCUT2D eigenvalue weighted by Gasteiger charge is 2.35. The summed E-state index contributed by atoms with van der Waals surface area (Å²) >= 11 is 5.83. The van der Waals surface area contributed by atoms with Crippen LogP contribution in [0.3, 0.4) is 0 Å². The Kier molecular flexibility index (Phi) is 5.17. The molecule has 1 aromatic carbocycles. The van der Waals surface area contributed by atoms with Crippen LogP contribution in [0.4, 0.5) is 10.1 Å². The van der Waals surface area contributed by atoms with Gasteiger partial charge in [-0.05, 0) is 44.4 Å². The van der Waals surface area contributed by atoms with Crippen molar-refractivity contribution in [1.29, 1.82) is 0 Å². The minimum absolute atomic E-state index is 0.0570. The molecule has 0 aliphatic heterocycles. The van der Waals surface area contributed by atoms with Crippen molar-refractivity contribution in [2.75, 3.05) is 11.3 Å². The average molecular weight is 363 g/mol. The maximum atomic E-state index is 13.1. The van der Waals surface area contributed by atoms with E-state index in [0.717, 1.165) is 18.2 Å². The molecule has 0 amide bonds. The molecular formula is C15H17ClFNO4S. The van der Waals surface area contributed by atoms with Crippen molar-refractivity contribution < 1.29 is 23.7 Å². The van der Waals surface area contributed by atoms with Gasteiger partial charge in [-0.2, -0.15) is 0 Å². The number of allylic oxidation sites excluding steroid dienone is 1. The molecule has 0 unspecified atom stereocenters. The zero-order valence-electron chi connectivity index (χ0n) is 13.4. The van der Waals surface area contributed by atoms with Gasteiger partial charge in [-0.1, -0.05) is 17.7 Å². The van der Waals surface area contributed by atoms with Crippen molar-refractivity contribution in [3.8, 4) is 0 Å². The topological polar surface area (TPSA) is 72.5 Å². The van der Waals surface area contributed by atoms with Gasteiger partial charge in [-0.3, -0.25) is 4.72 Å². The predicted octanol–water partition coefficient (Wildman–Crippen LogP) is 3.26. The third-order valence-electron chi connectivity index (χ3n) is 3.25. The molecule has 0 fully saturated rings. The van der Waals surface area contributed by atoms with Crippen LogP contribution in [0, 0.1) is 5.82 Å². The summed E-state index contributed by atoms with van der Waals surface area (Å²) in [5.41, 5.74) is -0.278. The van der Waals surface area contributed by atoms with Crippen molar-refractivity contribution in [2.45, 2.75) is 31.4 Å². The van der Waals surface area contributed by atoms with Gasteiger partial charge in [0, 0.05) is 0 Å². The van der Waals surface area contributed by atoms with Gasteiger partial charge in [0.25, 0.3) is 0 Å². The fraction of sp³-hybridized carbons (Fsp3) is 0.400. The Labute approximate surface area is 140 Å². The van der Waals surface area contributed by atoms with Crippen LogP contribution in [0.15, 0.2) is 29.8 Å². The van der Waals surface area contributed by atoms with E-state index in [1.807, 2.05) is 0 Å². The second-order valence-electron chi connectivity index (χ2n) is 4.88. The van der Waals surface area contributed by atoms with Crippen LogP contribution in [0.5, 0.6) is 0 Å². The second kappa shape index (κ2) is 7.31. The Balaban J connectivity index is 2.39. The van der Waals surface area contributed by atoms with Crippen LogP contribution in [-0.2, 0) is 19.6 Å². The van der Waals surface area contributed by atoms with E-state index in [2.05, 4.69) is 4.72 Å². The van der Waals surface area contributed by atoms with Gasteiger partial charge in [-0.25, -0.2) is 17.6 Å². The van der Waals surface area contributed by atoms with Crippen LogP contribution in [0.1, 0.15) is 27.6 Å². The molecule has 8 heteroatoms. The Morgan fingerprint density at radius 1 is 1.57 bits per heavy atom. The lowest BCUT2D eigenvalue weighted by Crippen LogP contribution is -2.34. The first-order chi connectivity index (χ1) is 11.2. The van der Waals surface area contributed by atoms with E-state index in [1.165, 1.54) is 6.08 Å². The Bertz CT molecular complexity index is 784. The molecule has 1 atom stereocenters. The number of anilines is 1. The van der Waals surface area contributed by atoms with E-state index in [4.69, 9.17) is 17.7 Å². The number of hydrogen-bond donors (Lipinski definition) is 1. The molecule has 1 aliphatic rings. The quantitative estimate of drug-likeness (QED) is 0.816. The van der Waals surface area contributed by atoms with Crippen molar-refractivity contribution in [3.05, 3.63) is 40.7 Å². The van der Waals surface area contributed by atoms with Crippen molar-refractivity contribution in [2.24, 2.45) is 0 Å². The average Bonchev–Trinajstić information content (AvgIpc) is 2.50. The summed E-state index contributed by atoms with van der Waals surface area (Å²) in [6.07, 6.45) is 2.28. The number of carbonyl (C=O) groups is 1. The van der Waals surface area contributed by atoms with Crippen molar-refractivity contribution >= 4 is 33.3 Å². The van der Waals surface area contributed by atoms with E-state index >= 15 is 0 Å². The first-order valence-corrected chi connectivity index (χ1v) is 8.92. The van der Waals surface area contributed by atoms with Gasteiger partial charge in [0.05, 0.1) is 24.3 Å². The molecule has 1 N–H and O–H groups in total. The van der Waals surface area contributed by atoms with Crippen LogP contribution in [-0.4, -0.2) is 26.2 Å². The molecule has 0 aromatic heterocycles. The van der Waals surface area contributed by atoms with Crippen LogP contribution >= 0.6 is 11.6 Å². The third kappa shape index (κ3) is 4.23. The fourth-order valence-electron chi connectivity index (χ4n) is 2.22. The van der Waals surface area contributed by atoms with Crippen LogP contribution in [0.25, 0.3) is 0 Å². The first kappa shape index (κ1) is 16.3. The van der Waals surface area contributed by atoms with Gasteiger partial charge in [0.1, 0.15) is 11.0 Å². The first-order valence-electron chi connectivity index (χ1n) is 7.56. The van der Waals surface area contributed by atoms with E-state index < -0.39 is 27.0 Å². The van der Waals surface area contributed by atoms with E-state index in [1.54, 1.807) is 6.92 Å². The summed E-state index contributed by atoms with van der Waals surface area (Å²) in [6, 6.07) is 3.16. The predicted molar refractivity (Wildman–Crippen MR) is 86.3 cm³/mol. The summed E-state index contributed by atoms with van der Waals surface area (Å²) in [6.45, 7) is 1.67. The zero-order chi connectivity index (χ0) is 18.0. The summed E-state index contributed by atoms with van der Waals surface area (Å²) in [5.74, 6) is -1.45. The number of benzene rings is 1. The van der Waals surface area contributed by atoms with Gasteiger partial charge >= 0.3 is 5.97 Å². The van der Waals surface area contributed by atoms with Crippen LogP contribution < -0.4 is 4.72 Å². The Morgan fingerprint density at radius 3 is 2.96 bits per heavy atom. The summed E-state index contributed by atoms with van der Waals surface area (Å²) < 4.78 is 54.0. The largest absolute Gasteiger partial charge is 0.463 e. The number of nitrogens with one attached hydrogen (secondary N) is 1. The van der Waals surface area contributed by atoms with Gasteiger partial charge in [-0.15, -0.1) is 0 Å². The smallest absolute Gasteiger partial charge is 0.335 e. The molecule has 0 bridgehead atoms. The monoisotopic (exact) mass is 362 g/mol. The molecule has 0 saturated carbocycles. The second-order valence-corrected chi connectivity index (χ2v) is 6.99. The maximum Gasteiger partial charge on any atom is 0.335 e. The normalized spacial score (nSPS) is 22.0. The number of rotatable bonds is 5. The minimum atomic E-state index is -4.34. The van der Waals surface area contributed by atoms with Crippen molar-refractivity contribution in [3.63, 3.8) is 0 Å². The lowest BCUT2D eigenvalue weighted by molar-refractivity contribution is -0.138. The Hall–Kier alpha value is -1.60. The standard InChI is InChI=1S/C15H17ClFNO4S/c1-2-22-15(19)11-5-3-4-6-14(11)23(20,21)18-13-8-7-10(17)9-12(13)16/h5,7-9,14,18H,2-4,6H2,1H3/t14-/m1/s1/i14D. The van der Waals surface area contributed by atoms with Gasteiger partial charge < -0.3 is 4.74 Å². The van der Waals surface area contributed by atoms with Crippen molar-refractivity contribution in [1.82, 2.24) is 0 Å². The molecule has 1 aromatic rings. The number of ether oxygens (including phenoxy) is 1.